The number of nitrogens with one attached hydrogen (secondary N) is 2. The Balaban J connectivity index is 2.00. The average molecular weight is 276 g/mol. The summed E-state index contributed by atoms with van der Waals surface area (Å²) in [6.45, 7) is 0.658. The van der Waals surface area contributed by atoms with E-state index in [1.165, 1.54) is 0 Å². The van der Waals surface area contributed by atoms with Crippen LogP contribution >= 0.6 is 11.3 Å². The second-order valence-electron chi connectivity index (χ2n) is 3.98. The number of thiazole rings is 1. The molecule has 0 aliphatic carbocycles. The molecule has 0 saturated carbocycles. The van der Waals surface area contributed by atoms with Crippen molar-refractivity contribution in [2.75, 3.05) is 17.4 Å². The Morgan fingerprint density at radius 1 is 1.47 bits per heavy atom. The van der Waals surface area contributed by atoms with Crippen molar-refractivity contribution in [1.82, 2.24) is 25.1 Å². The minimum Gasteiger partial charge on any atom is -0.353 e. The number of hydrogen-bond donors (Lipinski definition) is 3. The minimum atomic E-state index is 0.344. The normalized spacial score (nSPS) is 10.8. The molecule has 19 heavy (non-hydrogen) atoms. The fraction of sp³-hybridized carbons (Fsp3) is 0.200. The standard InChI is InChI=1S/C10H12N8S/c1-18(3-6-4-19-5-12-6)9-7-2-13-17-8(7)14-10(15-9)16-11/h2,4-5H,3,11H2,1H3,(H2,13,14,15,16,17). The van der Waals surface area contributed by atoms with E-state index in [2.05, 4.69) is 30.6 Å². The maximum atomic E-state index is 5.38. The fourth-order valence-electron chi connectivity index (χ4n) is 1.81. The summed E-state index contributed by atoms with van der Waals surface area (Å²) in [4.78, 5) is 14.8. The van der Waals surface area contributed by atoms with Crippen molar-refractivity contribution in [3.05, 3.63) is 22.8 Å². The SMILES string of the molecule is CN(Cc1cscn1)c1nc(NN)nc2[nH]ncc12. The first kappa shape index (κ1) is 11.8. The lowest BCUT2D eigenvalue weighted by atomic mass is 10.3. The monoisotopic (exact) mass is 276 g/mol. The van der Waals surface area contributed by atoms with Gasteiger partial charge in [0.05, 0.1) is 29.3 Å². The van der Waals surface area contributed by atoms with Crippen LogP contribution in [0.3, 0.4) is 0 Å². The van der Waals surface area contributed by atoms with Crippen LogP contribution in [0.15, 0.2) is 17.1 Å². The number of aromatic nitrogens is 5. The van der Waals surface area contributed by atoms with Crippen LogP contribution in [0.1, 0.15) is 5.69 Å². The molecule has 3 aromatic rings. The Kier molecular flexibility index (Phi) is 2.97. The fourth-order valence-corrected chi connectivity index (χ4v) is 2.36. The molecule has 0 aliphatic rings. The van der Waals surface area contributed by atoms with Crippen molar-refractivity contribution in [2.45, 2.75) is 6.54 Å². The zero-order valence-corrected chi connectivity index (χ0v) is 11.0. The first-order chi connectivity index (χ1) is 9.28. The first-order valence-corrected chi connectivity index (χ1v) is 6.48. The van der Waals surface area contributed by atoms with Crippen LogP contribution in [0.5, 0.6) is 0 Å². The van der Waals surface area contributed by atoms with Gasteiger partial charge in [0.15, 0.2) is 5.65 Å². The summed E-state index contributed by atoms with van der Waals surface area (Å²) < 4.78 is 0. The van der Waals surface area contributed by atoms with Crippen molar-refractivity contribution in [1.29, 1.82) is 0 Å². The van der Waals surface area contributed by atoms with Crippen LogP contribution in [0.2, 0.25) is 0 Å². The van der Waals surface area contributed by atoms with Crippen LogP contribution < -0.4 is 16.2 Å². The molecule has 9 heteroatoms. The quantitative estimate of drug-likeness (QED) is 0.476. The van der Waals surface area contributed by atoms with Gasteiger partial charge in [0.2, 0.25) is 5.95 Å². The van der Waals surface area contributed by atoms with E-state index < -0.39 is 0 Å². The average Bonchev–Trinajstić information content (AvgIpc) is 3.07. The molecule has 0 aliphatic heterocycles. The predicted molar refractivity (Wildman–Crippen MR) is 73.7 cm³/mol. The molecule has 98 valence electrons. The zero-order valence-electron chi connectivity index (χ0n) is 10.2. The van der Waals surface area contributed by atoms with Crippen LogP contribution in [0.4, 0.5) is 11.8 Å². The number of fused-ring (bicyclic) bond motifs is 1. The van der Waals surface area contributed by atoms with Gasteiger partial charge >= 0.3 is 0 Å². The van der Waals surface area contributed by atoms with Crippen LogP contribution in [-0.2, 0) is 6.54 Å². The van der Waals surface area contributed by atoms with Gasteiger partial charge in [-0.1, -0.05) is 0 Å². The maximum absolute atomic E-state index is 5.38. The Morgan fingerprint density at radius 2 is 2.37 bits per heavy atom. The van der Waals surface area contributed by atoms with E-state index in [-0.39, 0.29) is 0 Å². The van der Waals surface area contributed by atoms with Gasteiger partial charge in [-0.3, -0.25) is 10.5 Å². The molecule has 0 spiro atoms. The van der Waals surface area contributed by atoms with E-state index in [4.69, 9.17) is 5.84 Å². The summed E-state index contributed by atoms with van der Waals surface area (Å²) in [5.74, 6) is 6.47. The molecular weight excluding hydrogens is 264 g/mol. The summed E-state index contributed by atoms with van der Waals surface area (Å²) in [7, 11) is 1.94. The van der Waals surface area contributed by atoms with Gasteiger partial charge in [0, 0.05) is 12.4 Å². The van der Waals surface area contributed by atoms with E-state index >= 15 is 0 Å². The number of aromatic amines is 1. The highest BCUT2D eigenvalue weighted by atomic mass is 32.1. The van der Waals surface area contributed by atoms with Gasteiger partial charge < -0.3 is 4.90 Å². The van der Waals surface area contributed by atoms with Crippen molar-refractivity contribution >= 4 is 34.1 Å². The summed E-state index contributed by atoms with van der Waals surface area (Å²) >= 11 is 1.57. The third kappa shape index (κ3) is 2.20. The first-order valence-electron chi connectivity index (χ1n) is 5.54. The summed E-state index contributed by atoms with van der Waals surface area (Å²) in [5, 5.41) is 9.64. The van der Waals surface area contributed by atoms with Gasteiger partial charge in [-0.2, -0.15) is 15.1 Å². The Morgan fingerprint density at radius 3 is 3.11 bits per heavy atom. The molecule has 4 N–H and O–H groups in total. The number of nitrogens with zero attached hydrogens (tertiary/aromatic N) is 5. The molecule has 0 bridgehead atoms. The Labute approximate surface area is 112 Å². The van der Waals surface area contributed by atoms with Gasteiger partial charge in [-0.25, -0.2) is 10.8 Å². The summed E-state index contributed by atoms with van der Waals surface area (Å²) in [6.07, 6.45) is 1.70. The number of anilines is 2. The van der Waals surface area contributed by atoms with E-state index in [9.17, 15) is 0 Å². The second kappa shape index (κ2) is 4.78. The van der Waals surface area contributed by atoms with E-state index in [0.29, 0.717) is 18.1 Å². The van der Waals surface area contributed by atoms with E-state index in [1.54, 1.807) is 17.5 Å². The van der Waals surface area contributed by atoms with Gasteiger partial charge in [0.1, 0.15) is 5.82 Å². The molecule has 3 heterocycles. The molecule has 0 atom stereocenters. The highest BCUT2D eigenvalue weighted by Crippen LogP contribution is 2.23. The Hall–Kier alpha value is -2.26. The second-order valence-corrected chi connectivity index (χ2v) is 4.70. The van der Waals surface area contributed by atoms with E-state index in [1.807, 2.05) is 22.8 Å². The van der Waals surface area contributed by atoms with Crippen molar-refractivity contribution in [2.24, 2.45) is 5.84 Å². The molecular formula is C10H12N8S. The lowest BCUT2D eigenvalue weighted by molar-refractivity contribution is 0.876. The summed E-state index contributed by atoms with van der Waals surface area (Å²) in [5.41, 5.74) is 5.89. The molecule has 8 nitrogen and oxygen atoms in total. The lowest BCUT2D eigenvalue weighted by Gasteiger charge is -2.18. The molecule has 3 rings (SSSR count). The molecule has 0 aromatic carbocycles. The topological polar surface area (TPSA) is 109 Å². The highest BCUT2D eigenvalue weighted by Gasteiger charge is 2.13. The minimum absolute atomic E-state index is 0.344. The largest absolute Gasteiger partial charge is 0.353 e. The summed E-state index contributed by atoms with van der Waals surface area (Å²) in [6, 6.07) is 0. The van der Waals surface area contributed by atoms with Gasteiger partial charge in [-0.15, -0.1) is 11.3 Å². The lowest BCUT2D eigenvalue weighted by Crippen LogP contribution is -2.20. The molecule has 0 amide bonds. The number of hydrogen-bond acceptors (Lipinski definition) is 8. The molecule has 0 fully saturated rings. The third-order valence-corrected chi connectivity index (χ3v) is 3.30. The number of nitrogen functional groups attached to an aromatic ring is 1. The van der Waals surface area contributed by atoms with E-state index in [0.717, 1.165) is 16.9 Å². The highest BCUT2D eigenvalue weighted by molar-refractivity contribution is 7.07. The molecule has 0 unspecified atom stereocenters. The smallest absolute Gasteiger partial charge is 0.241 e. The number of rotatable bonds is 4. The van der Waals surface area contributed by atoms with Crippen LogP contribution in [0.25, 0.3) is 11.0 Å². The molecule has 0 saturated heterocycles. The predicted octanol–water partition coefficient (Wildman–Crippen LogP) is 0.731. The zero-order chi connectivity index (χ0) is 13.2. The Bertz CT molecular complexity index is 676. The van der Waals surface area contributed by atoms with Gasteiger partial charge in [-0.05, 0) is 0 Å². The maximum Gasteiger partial charge on any atom is 0.241 e. The molecule has 3 aromatic heterocycles. The number of hydrazine groups is 1. The third-order valence-electron chi connectivity index (χ3n) is 2.66. The molecule has 0 radical (unpaired) electrons. The van der Waals surface area contributed by atoms with Crippen molar-refractivity contribution in [3.63, 3.8) is 0 Å². The van der Waals surface area contributed by atoms with Gasteiger partial charge in [0.25, 0.3) is 0 Å². The number of H-pyrrole nitrogens is 1. The van der Waals surface area contributed by atoms with Crippen molar-refractivity contribution < 1.29 is 0 Å². The van der Waals surface area contributed by atoms with Crippen LogP contribution in [-0.4, -0.2) is 32.2 Å². The number of nitrogens with two attached hydrogens (primary N) is 1. The van der Waals surface area contributed by atoms with Crippen molar-refractivity contribution in [3.8, 4) is 0 Å². The van der Waals surface area contributed by atoms with Crippen LogP contribution in [0, 0.1) is 0 Å².